The zero-order valence-electron chi connectivity index (χ0n) is 36.0. The minimum absolute atomic E-state index is 0.0499. The normalized spacial score (nSPS) is 22.8. The molecule has 6 N–H and O–H groups in total. The molecule has 1 rings (SSSR count). The molecule has 14 heteroatoms. The first-order valence-electron chi connectivity index (χ1n) is 22.4. The van der Waals surface area contributed by atoms with Crippen LogP contribution in [0.25, 0.3) is 0 Å². The van der Waals surface area contributed by atoms with E-state index in [0.717, 1.165) is 70.6 Å². The lowest BCUT2D eigenvalue weighted by atomic mass is 9.85. The van der Waals surface area contributed by atoms with Gasteiger partial charge in [0.05, 0.1) is 6.61 Å². The van der Waals surface area contributed by atoms with Crippen LogP contribution in [0.4, 0.5) is 0 Å². The number of hydrogen-bond acceptors (Lipinski definition) is 12. The second-order valence-electron chi connectivity index (χ2n) is 15.5. The van der Waals surface area contributed by atoms with Crippen molar-refractivity contribution in [2.75, 3.05) is 13.2 Å². The van der Waals surface area contributed by atoms with Gasteiger partial charge in [-0.1, -0.05) is 127 Å². The van der Waals surface area contributed by atoms with E-state index in [2.05, 4.69) is 62.5 Å². The highest BCUT2D eigenvalue weighted by atomic mass is 31.2. The van der Waals surface area contributed by atoms with E-state index in [-0.39, 0.29) is 12.8 Å². The topological polar surface area (TPSA) is 210 Å². The van der Waals surface area contributed by atoms with E-state index in [0.29, 0.717) is 12.8 Å². The Bertz CT molecular complexity index is 1220. The minimum Gasteiger partial charge on any atom is -0.462 e. The second kappa shape index (κ2) is 35.4. The van der Waals surface area contributed by atoms with Crippen LogP contribution in [0.2, 0.25) is 0 Å². The van der Waals surface area contributed by atoms with Crippen molar-refractivity contribution in [1.82, 2.24) is 0 Å². The fourth-order valence-corrected chi connectivity index (χ4v) is 7.44. The van der Waals surface area contributed by atoms with Crippen molar-refractivity contribution in [1.29, 1.82) is 0 Å². The van der Waals surface area contributed by atoms with E-state index in [4.69, 9.17) is 18.5 Å². The van der Waals surface area contributed by atoms with Crippen LogP contribution in [0, 0.1) is 0 Å². The van der Waals surface area contributed by atoms with E-state index in [1.165, 1.54) is 57.8 Å². The maximum Gasteiger partial charge on any atom is 0.472 e. The van der Waals surface area contributed by atoms with Crippen molar-refractivity contribution < 1.29 is 63.1 Å². The fraction of sp³-hybridized carbons (Fsp3) is 0.778. The Morgan fingerprint density at radius 2 is 0.915 bits per heavy atom. The Morgan fingerprint density at radius 3 is 1.44 bits per heavy atom. The molecule has 0 spiro atoms. The molecule has 1 aliphatic carbocycles. The zero-order chi connectivity index (χ0) is 43.6. The van der Waals surface area contributed by atoms with E-state index >= 15 is 0 Å². The summed E-state index contributed by atoms with van der Waals surface area (Å²) in [5.74, 6) is -1.16. The third-order valence-corrected chi connectivity index (χ3v) is 11.1. The lowest BCUT2D eigenvalue weighted by molar-refractivity contribution is -0.220. The highest BCUT2D eigenvalue weighted by Crippen LogP contribution is 2.47. The van der Waals surface area contributed by atoms with Gasteiger partial charge >= 0.3 is 19.8 Å². The van der Waals surface area contributed by atoms with Crippen molar-refractivity contribution >= 4 is 19.8 Å². The number of phosphoric ester groups is 1. The monoisotopic (exact) mass is 859 g/mol. The molecular formula is C45H79O13P. The number of esters is 2. The van der Waals surface area contributed by atoms with Gasteiger partial charge in [0.2, 0.25) is 0 Å². The van der Waals surface area contributed by atoms with E-state index in [1.807, 2.05) is 0 Å². The Hall–Kier alpha value is -2.19. The summed E-state index contributed by atoms with van der Waals surface area (Å²) < 4.78 is 33.4. The highest BCUT2D eigenvalue weighted by molar-refractivity contribution is 7.47. The average Bonchev–Trinajstić information content (AvgIpc) is 3.21. The molecule has 0 radical (unpaired) electrons. The Morgan fingerprint density at radius 1 is 0.525 bits per heavy atom. The lowest BCUT2D eigenvalue weighted by Gasteiger charge is -2.41. The third kappa shape index (κ3) is 28.1. The number of unbranched alkanes of at least 4 members (excludes halogenated alkanes) is 16. The summed E-state index contributed by atoms with van der Waals surface area (Å²) in [5.41, 5.74) is 0. The molecule has 1 saturated carbocycles. The summed E-state index contributed by atoms with van der Waals surface area (Å²) in [6.07, 6.45) is 27.4. The SMILES string of the molecule is CCCCC/C=C/C/C=C/CCCCCCCC(=O)OC[C@H](COP(=O)(O)OC1C(O)C(O)C(O)[C@@H](O)C1O)OC(=O)CCCC/C=C/C/C=C/CCCCCCCC. The number of hydrogen-bond donors (Lipinski definition) is 6. The number of rotatable bonds is 36. The summed E-state index contributed by atoms with van der Waals surface area (Å²) in [6, 6.07) is 0. The van der Waals surface area contributed by atoms with Gasteiger partial charge in [0.1, 0.15) is 43.2 Å². The van der Waals surface area contributed by atoms with Crippen LogP contribution >= 0.6 is 7.82 Å². The Balaban J connectivity index is 2.52. The molecule has 0 amide bonds. The van der Waals surface area contributed by atoms with Gasteiger partial charge < -0.3 is 39.9 Å². The molecular weight excluding hydrogens is 779 g/mol. The molecule has 0 heterocycles. The number of allylic oxidation sites excluding steroid dienone is 8. The summed E-state index contributed by atoms with van der Waals surface area (Å²) in [5, 5.41) is 50.1. The third-order valence-electron chi connectivity index (χ3n) is 10.1. The standard InChI is InChI=1S/C45H79O13P/c1-3-5-7-9-11-13-15-17-19-21-23-25-27-29-31-33-38(46)55-35-37(36-56-59(53,54)58-45-43(51)41(49)40(48)42(50)44(45)52)57-39(47)34-32-30-28-26-24-22-20-18-16-14-12-10-8-6-4-2/h11,13,17-20,24,26,37,40-45,48-52H,3-10,12,14-16,21-23,25,27-36H2,1-2H3,(H,53,54)/b13-11+,19-17+,20-18+,26-24+/t37-,40?,41-,42?,43?,44?,45?/m1/s1. The van der Waals surface area contributed by atoms with Gasteiger partial charge in [-0.3, -0.25) is 18.6 Å². The molecule has 0 saturated heterocycles. The maximum absolute atomic E-state index is 12.8. The molecule has 13 nitrogen and oxygen atoms in total. The number of phosphoric acid groups is 1. The molecule has 8 atom stereocenters. The van der Waals surface area contributed by atoms with Gasteiger partial charge in [0, 0.05) is 12.8 Å². The molecule has 0 aromatic carbocycles. The predicted octanol–water partition coefficient (Wildman–Crippen LogP) is 8.39. The minimum atomic E-state index is -5.13. The van der Waals surface area contributed by atoms with Crippen LogP contribution in [0.5, 0.6) is 0 Å². The quantitative estimate of drug-likeness (QED) is 0.0152. The van der Waals surface area contributed by atoms with Crippen LogP contribution in [0.3, 0.4) is 0 Å². The lowest BCUT2D eigenvalue weighted by Crippen LogP contribution is -2.64. The van der Waals surface area contributed by atoms with Crippen LogP contribution in [0.1, 0.15) is 168 Å². The van der Waals surface area contributed by atoms with Crippen molar-refractivity contribution in [2.24, 2.45) is 0 Å². The van der Waals surface area contributed by atoms with E-state index < -0.39 is 75.7 Å². The van der Waals surface area contributed by atoms with E-state index in [1.54, 1.807) is 0 Å². The van der Waals surface area contributed by atoms with Crippen LogP contribution < -0.4 is 0 Å². The van der Waals surface area contributed by atoms with Crippen molar-refractivity contribution in [2.45, 2.75) is 211 Å². The molecule has 0 aliphatic heterocycles. The molecule has 6 unspecified atom stereocenters. The van der Waals surface area contributed by atoms with Crippen molar-refractivity contribution in [3.8, 4) is 0 Å². The molecule has 0 aromatic heterocycles. The van der Waals surface area contributed by atoms with Crippen LogP contribution in [0.15, 0.2) is 48.6 Å². The maximum atomic E-state index is 12.8. The first-order valence-corrected chi connectivity index (χ1v) is 23.9. The molecule has 59 heavy (non-hydrogen) atoms. The van der Waals surface area contributed by atoms with Gasteiger partial charge in [0.15, 0.2) is 6.10 Å². The number of carbonyl (C=O) groups excluding carboxylic acids is 2. The summed E-state index contributed by atoms with van der Waals surface area (Å²) in [7, 11) is -5.13. The largest absolute Gasteiger partial charge is 0.472 e. The Labute approximate surface area is 354 Å². The van der Waals surface area contributed by atoms with Gasteiger partial charge in [-0.25, -0.2) is 4.57 Å². The fourth-order valence-electron chi connectivity index (χ4n) is 6.46. The Kier molecular flexibility index (Phi) is 32.9. The second-order valence-corrected chi connectivity index (χ2v) is 16.9. The first-order chi connectivity index (χ1) is 28.4. The van der Waals surface area contributed by atoms with Gasteiger partial charge in [0.25, 0.3) is 0 Å². The molecule has 342 valence electrons. The summed E-state index contributed by atoms with van der Waals surface area (Å²) in [6.45, 7) is 3.21. The molecule has 1 aliphatic rings. The number of ether oxygens (including phenoxy) is 2. The smallest absolute Gasteiger partial charge is 0.462 e. The molecule has 0 aromatic rings. The average molecular weight is 859 g/mol. The van der Waals surface area contributed by atoms with E-state index in [9.17, 15) is 44.6 Å². The number of carbonyl (C=O) groups is 2. The van der Waals surface area contributed by atoms with Crippen LogP contribution in [-0.4, -0.2) is 98.3 Å². The first kappa shape index (κ1) is 54.8. The van der Waals surface area contributed by atoms with Gasteiger partial charge in [-0.2, -0.15) is 0 Å². The molecule has 0 bridgehead atoms. The van der Waals surface area contributed by atoms with Crippen molar-refractivity contribution in [3.05, 3.63) is 48.6 Å². The molecule has 1 fully saturated rings. The predicted molar refractivity (Wildman–Crippen MR) is 230 cm³/mol. The van der Waals surface area contributed by atoms with Crippen LogP contribution in [-0.2, 0) is 32.7 Å². The van der Waals surface area contributed by atoms with Gasteiger partial charge in [-0.05, 0) is 77.0 Å². The number of aliphatic hydroxyl groups excluding tert-OH is 5. The highest BCUT2D eigenvalue weighted by Gasteiger charge is 2.51. The summed E-state index contributed by atoms with van der Waals surface area (Å²) in [4.78, 5) is 35.6. The van der Waals surface area contributed by atoms with Crippen molar-refractivity contribution in [3.63, 3.8) is 0 Å². The van der Waals surface area contributed by atoms with Gasteiger partial charge in [-0.15, -0.1) is 0 Å². The summed E-state index contributed by atoms with van der Waals surface area (Å²) >= 11 is 0. The number of aliphatic hydroxyl groups is 5. The zero-order valence-corrected chi connectivity index (χ0v) is 36.9.